The van der Waals surface area contributed by atoms with E-state index in [9.17, 15) is 9.59 Å². The number of rotatable bonds is 4. The lowest BCUT2D eigenvalue weighted by molar-refractivity contribution is -0.138. The molecular weight excluding hydrogens is 246 g/mol. The smallest absolute Gasteiger partial charge is 0.325 e. The molecule has 6 nitrogen and oxygen atoms in total. The molecule has 1 aliphatic rings. The van der Waals surface area contributed by atoms with Crippen molar-refractivity contribution in [3.05, 3.63) is 11.8 Å². The second-order valence-electron chi connectivity index (χ2n) is 4.87. The van der Waals surface area contributed by atoms with Gasteiger partial charge in [0.1, 0.15) is 17.7 Å². The third-order valence-corrected chi connectivity index (χ3v) is 3.27. The average molecular weight is 265 g/mol. The molecule has 1 unspecified atom stereocenters. The number of likely N-dealkylation sites (tertiary alicyclic amines) is 1. The molecule has 1 heterocycles. The number of carbonyl (C=O) groups is 2. The van der Waals surface area contributed by atoms with Crippen molar-refractivity contribution >= 4 is 11.9 Å². The van der Waals surface area contributed by atoms with Crippen molar-refractivity contribution in [2.75, 3.05) is 13.1 Å². The minimum atomic E-state index is -1.03. The number of carboxylic acid groups (broad SMARTS) is 1. The van der Waals surface area contributed by atoms with E-state index in [2.05, 4.69) is 12.2 Å². The first-order chi connectivity index (χ1) is 8.95. The van der Waals surface area contributed by atoms with Gasteiger partial charge in [0, 0.05) is 19.3 Å². The second kappa shape index (κ2) is 6.78. The molecule has 0 radical (unpaired) electrons. The maximum absolute atomic E-state index is 12.1. The van der Waals surface area contributed by atoms with Gasteiger partial charge >= 0.3 is 5.97 Å². The quantitative estimate of drug-likeness (QED) is 0.577. The Hall–Kier alpha value is -2.03. The average Bonchev–Trinajstić information content (AvgIpc) is 2.39. The molecule has 1 amide bonds. The van der Waals surface area contributed by atoms with Gasteiger partial charge in [0.2, 0.25) is 0 Å². The van der Waals surface area contributed by atoms with Gasteiger partial charge in [-0.2, -0.15) is 5.26 Å². The Labute approximate surface area is 112 Å². The van der Waals surface area contributed by atoms with Crippen molar-refractivity contribution in [2.45, 2.75) is 32.7 Å². The van der Waals surface area contributed by atoms with E-state index in [1.54, 1.807) is 4.90 Å². The fraction of sp³-hybridized carbons (Fsp3) is 0.615. The molecule has 2 N–H and O–H groups in total. The highest BCUT2D eigenvalue weighted by Crippen LogP contribution is 2.17. The topological polar surface area (TPSA) is 93.4 Å². The number of nitriles is 1. The standard InChI is InChI=1S/C13H19N3O3/c1-9-3-5-16(6-4-9)12(17)11(7-14)8-15-10(2)13(18)19/h8-10,15H,3-6H2,1-2H3,(H,18,19)/b11-8-. The molecule has 1 atom stereocenters. The minimum absolute atomic E-state index is 0.0531. The third kappa shape index (κ3) is 4.28. The van der Waals surface area contributed by atoms with Crippen LogP contribution in [0.2, 0.25) is 0 Å². The summed E-state index contributed by atoms with van der Waals surface area (Å²) in [5.41, 5.74) is -0.0531. The van der Waals surface area contributed by atoms with Gasteiger partial charge < -0.3 is 15.3 Å². The molecule has 0 aliphatic carbocycles. The van der Waals surface area contributed by atoms with Crippen molar-refractivity contribution in [2.24, 2.45) is 5.92 Å². The molecule has 0 aromatic rings. The summed E-state index contributed by atoms with van der Waals surface area (Å²) in [6, 6.07) is 0.983. The van der Waals surface area contributed by atoms with Crippen molar-refractivity contribution in [3.8, 4) is 6.07 Å². The number of piperidine rings is 1. The van der Waals surface area contributed by atoms with E-state index in [0.29, 0.717) is 19.0 Å². The Morgan fingerprint density at radius 2 is 2.05 bits per heavy atom. The van der Waals surface area contributed by atoms with Crippen LogP contribution in [0, 0.1) is 17.2 Å². The Balaban J connectivity index is 2.64. The molecule has 0 aromatic heterocycles. The Bertz CT molecular complexity index is 417. The predicted molar refractivity (Wildman–Crippen MR) is 68.9 cm³/mol. The van der Waals surface area contributed by atoms with Crippen LogP contribution in [0.15, 0.2) is 11.8 Å². The Morgan fingerprint density at radius 1 is 1.47 bits per heavy atom. The molecule has 1 aliphatic heterocycles. The fourth-order valence-corrected chi connectivity index (χ4v) is 1.80. The van der Waals surface area contributed by atoms with Crippen LogP contribution in [0.5, 0.6) is 0 Å². The van der Waals surface area contributed by atoms with E-state index in [1.165, 1.54) is 13.1 Å². The van der Waals surface area contributed by atoms with Crippen molar-refractivity contribution < 1.29 is 14.7 Å². The first-order valence-electron chi connectivity index (χ1n) is 6.34. The number of aliphatic carboxylic acids is 1. The van der Waals surface area contributed by atoms with Gasteiger partial charge in [-0.25, -0.2) is 0 Å². The monoisotopic (exact) mass is 265 g/mol. The van der Waals surface area contributed by atoms with Gasteiger partial charge in [0.25, 0.3) is 5.91 Å². The van der Waals surface area contributed by atoms with E-state index in [1.807, 2.05) is 6.07 Å². The summed E-state index contributed by atoms with van der Waals surface area (Å²) in [6.45, 7) is 4.88. The number of nitrogens with zero attached hydrogens (tertiary/aromatic N) is 2. The van der Waals surface area contributed by atoms with Crippen LogP contribution < -0.4 is 5.32 Å². The van der Waals surface area contributed by atoms with Gasteiger partial charge in [-0.05, 0) is 25.7 Å². The number of carboxylic acids is 1. The van der Waals surface area contributed by atoms with E-state index in [-0.39, 0.29) is 11.5 Å². The van der Waals surface area contributed by atoms with E-state index < -0.39 is 12.0 Å². The zero-order valence-corrected chi connectivity index (χ0v) is 11.2. The maximum atomic E-state index is 12.1. The molecule has 19 heavy (non-hydrogen) atoms. The lowest BCUT2D eigenvalue weighted by atomic mass is 9.99. The summed E-state index contributed by atoms with van der Waals surface area (Å²) in [4.78, 5) is 24.3. The summed E-state index contributed by atoms with van der Waals surface area (Å²) < 4.78 is 0. The summed E-state index contributed by atoms with van der Waals surface area (Å²) in [5, 5.41) is 20.2. The molecule has 0 saturated carbocycles. The first kappa shape index (κ1) is 15.0. The van der Waals surface area contributed by atoms with Crippen molar-refractivity contribution in [1.82, 2.24) is 10.2 Å². The molecule has 104 valence electrons. The molecule has 1 fully saturated rings. The maximum Gasteiger partial charge on any atom is 0.325 e. The van der Waals surface area contributed by atoms with Crippen LogP contribution in [0.25, 0.3) is 0 Å². The summed E-state index contributed by atoms with van der Waals surface area (Å²) >= 11 is 0. The fourth-order valence-electron chi connectivity index (χ4n) is 1.80. The summed E-state index contributed by atoms with van der Waals surface area (Å²) in [5.74, 6) is -0.768. The second-order valence-corrected chi connectivity index (χ2v) is 4.87. The highest BCUT2D eigenvalue weighted by Gasteiger charge is 2.23. The molecule has 0 bridgehead atoms. The van der Waals surface area contributed by atoms with Gasteiger partial charge in [-0.3, -0.25) is 9.59 Å². The van der Waals surface area contributed by atoms with E-state index >= 15 is 0 Å². The zero-order valence-electron chi connectivity index (χ0n) is 11.2. The molecule has 1 saturated heterocycles. The highest BCUT2D eigenvalue weighted by atomic mass is 16.4. The largest absolute Gasteiger partial charge is 0.480 e. The van der Waals surface area contributed by atoms with Gasteiger partial charge in [0.05, 0.1) is 0 Å². The Kier molecular flexibility index (Phi) is 5.37. The number of nitrogens with one attached hydrogen (secondary N) is 1. The lowest BCUT2D eigenvalue weighted by Crippen LogP contribution is -2.39. The molecule has 6 heteroatoms. The molecule has 0 aromatic carbocycles. The third-order valence-electron chi connectivity index (χ3n) is 3.27. The normalized spacial score (nSPS) is 18.6. The van der Waals surface area contributed by atoms with Crippen LogP contribution in [-0.2, 0) is 9.59 Å². The minimum Gasteiger partial charge on any atom is -0.480 e. The van der Waals surface area contributed by atoms with Gasteiger partial charge in [-0.15, -0.1) is 0 Å². The molecule has 1 rings (SSSR count). The van der Waals surface area contributed by atoms with Crippen LogP contribution in [0.4, 0.5) is 0 Å². The molecular formula is C13H19N3O3. The number of hydrogen-bond donors (Lipinski definition) is 2. The number of amides is 1. The lowest BCUT2D eigenvalue weighted by Gasteiger charge is -2.30. The summed E-state index contributed by atoms with van der Waals surface area (Å²) in [7, 11) is 0. The SMILES string of the molecule is CC1CCN(C(=O)/C(C#N)=C\NC(C)C(=O)O)CC1. The zero-order chi connectivity index (χ0) is 14.4. The van der Waals surface area contributed by atoms with Gasteiger partial charge in [-0.1, -0.05) is 6.92 Å². The Morgan fingerprint density at radius 3 is 2.53 bits per heavy atom. The predicted octanol–water partition coefficient (Wildman–Crippen LogP) is 0.715. The first-order valence-corrected chi connectivity index (χ1v) is 6.34. The van der Waals surface area contributed by atoms with E-state index in [0.717, 1.165) is 12.8 Å². The number of hydrogen-bond acceptors (Lipinski definition) is 4. The highest BCUT2D eigenvalue weighted by molar-refractivity contribution is 5.97. The van der Waals surface area contributed by atoms with E-state index in [4.69, 9.17) is 10.4 Å². The van der Waals surface area contributed by atoms with Crippen LogP contribution in [-0.4, -0.2) is 41.0 Å². The van der Waals surface area contributed by atoms with Crippen LogP contribution >= 0.6 is 0 Å². The number of carbonyl (C=O) groups excluding carboxylic acids is 1. The summed E-state index contributed by atoms with van der Waals surface area (Å²) in [6.07, 6.45) is 3.06. The van der Waals surface area contributed by atoms with Gasteiger partial charge in [0.15, 0.2) is 0 Å². The van der Waals surface area contributed by atoms with Crippen molar-refractivity contribution in [3.63, 3.8) is 0 Å². The molecule has 0 spiro atoms. The van der Waals surface area contributed by atoms with Crippen LogP contribution in [0.3, 0.4) is 0 Å². The van der Waals surface area contributed by atoms with Crippen LogP contribution in [0.1, 0.15) is 26.7 Å². The van der Waals surface area contributed by atoms with Crippen molar-refractivity contribution in [1.29, 1.82) is 5.26 Å².